The molecule has 0 amide bonds. The van der Waals surface area contributed by atoms with Gasteiger partial charge in [-0.2, -0.15) is 5.10 Å². The van der Waals surface area contributed by atoms with Crippen LogP contribution in [-0.4, -0.2) is 33.0 Å². The van der Waals surface area contributed by atoms with Crippen LogP contribution in [0.2, 0.25) is 0 Å². The summed E-state index contributed by atoms with van der Waals surface area (Å²) in [6, 6.07) is 0. The van der Waals surface area contributed by atoms with Crippen LogP contribution in [0.5, 0.6) is 0 Å². The first kappa shape index (κ1) is 9.29. The molecule has 13 heavy (non-hydrogen) atoms. The van der Waals surface area contributed by atoms with E-state index in [-0.39, 0.29) is 12.3 Å². The zero-order chi connectivity index (χ0) is 9.68. The quantitative estimate of drug-likeness (QED) is 0.552. The number of aliphatic hydroxyl groups excluding tert-OH is 1. The Morgan fingerprint density at radius 1 is 1.69 bits per heavy atom. The van der Waals surface area contributed by atoms with Crippen molar-refractivity contribution in [1.82, 2.24) is 10.2 Å². The number of aromatic carboxylic acids is 1. The highest BCUT2D eigenvalue weighted by Crippen LogP contribution is 2.01. The molecule has 0 saturated carbocycles. The Bertz CT molecular complexity index is 359. The minimum atomic E-state index is -1.09. The standard InChI is InChI=1S/C8H8N2O3/c11-4-2-1-3-6-5-9-10-7(6)8(12)13/h5,11H,2,4H2,(H,9,10)(H,12,13). The molecule has 68 valence electrons. The summed E-state index contributed by atoms with van der Waals surface area (Å²) in [7, 11) is 0. The van der Waals surface area contributed by atoms with Gasteiger partial charge in [-0.15, -0.1) is 0 Å². The van der Waals surface area contributed by atoms with Crippen molar-refractivity contribution >= 4 is 5.97 Å². The second-order valence-electron chi connectivity index (χ2n) is 2.24. The van der Waals surface area contributed by atoms with E-state index in [0.717, 1.165) is 0 Å². The number of aromatic nitrogens is 2. The Morgan fingerprint density at radius 3 is 3.08 bits per heavy atom. The summed E-state index contributed by atoms with van der Waals surface area (Å²) in [4.78, 5) is 10.5. The summed E-state index contributed by atoms with van der Waals surface area (Å²) >= 11 is 0. The van der Waals surface area contributed by atoms with Gasteiger partial charge in [-0.1, -0.05) is 11.8 Å². The molecule has 0 spiro atoms. The van der Waals surface area contributed by atoms with E-state index in [4.69, 9.17) is 10.2 Å². The van der Waals surface area contributed by atoms with Crippen molar-refractivity contribution in [1.29, 1.82) is 0 Å². The zero-order valence-corrected chi connectivity index (χ0v) is 6.74. The third-order valence-corrected chi connectivity index (χ3v) is 1.31. The molecule has 5 heteroatoms. The largest absolute Gasteiger partial charge is 0.476 e. The third-order valence-electron chi connectivity index (χ3n) is 1.31. The van der Waals surface area contributed by atoms with Gasteiger partial charge in [0.2, 0.25) is 0 Å². The fraction of sp³-hybridized carbons (Fsp3) is 0.250. The number of rotatable bonds is 2. The van der Waals surface area contributed by atoms with Crippen LogP contribution in [0, 0.1) is 11.8 Å². The number of nitrogens with zero attached hydrogens (tertiary/aromatic N) is 1. The molecule has 0 radical (unpaired) electrons. The van der Waals surface area contributed by atoms with E-state index in [1.165, 1.54) is 6.20 Å². The third kappa shape index (κ3) is 2.32. The predicted octanol–water partition coefficient (Wildman–Crippen LogP) is -0.158. The molecule has 0 saturated heterocycles. The Kier molecular flexibility index (Phi) is 3.06. The van der Waals surface area contributed by atoms with E-state index in [2.05, 4.69) is 22.0 Å². The fourth-order valence-corrected chi connectivity index (χ4v) is 0.758. The van der Waals surface area contributed by atoms with Crippen LogP contribution in [0.15, 0.2) is 6.20 Å². The Labute approximate surface area is 74.4 Å². The van der Waals surface area contributed by atoms with Crippen molar-refractivity contribution < 1.29 is 15.0 Å². The smallest absolute Gasteiger partial charge is 0.355 e. The van der Waals surface area contributed by atoms with Gasteiger partial charge in [-0.05, 0) is 0 Å². The Balaban J connectivity index is 2.84. The molecule has 0 aliphatic heterocycles. The van der Waals surface area contributed by atoms with E-state index < -0.39 is 5.97 Å². The van der Waals surface area contributed by atoms with Gasteiger partial charge in [-0.25, -0.2) is 4.79 Å². The van der Waals surface area contributed by atoms with E-state index in [1.54, 1.807) is 0 Å². The van der Waals surface area contributed by atoms with Crippen molar-refractivity contribution in [3.8, 4) is 11.8 Å². The molecule has 1 heterocycles. The number of nitrogens with one attached hydrogen (secondary N) is 1. The van der Waals surface area contributed by atoms with Gasteiger partial charge in [0.1, 0.15) is 0 Å². The first-order valence-electron chi connectivity index (χ1n) is 3.62. The molecule has 0 fully saturated rings. The van der Waals surface area contributed by atoms with Gasteiger partial charge in [0.25, 0.3) is 0 Å². The number of hydrogen-bond donors (Lipinski definition) is 3. The van der Waals surface area contributed by atoms with Gasteiger partial charge in [0, 0.05) is 6.42 Å². The molecular formula is C8H8N2O3. The summed E-state index contributed by atoms with van der Waals surface area (Å²) in [5.74, 6) is 4.11. The molecule has 0 atom stereocenters. The van der Waals surface area contributed by atoms with Crippen molar-refractivity contribution in [3.63, 3.8) is 0 Å². The maximum absolute atomic E-state index is 10.5. The summed E-state index contributed by atoms with van der Waals surface area (Å²) in [5, 5.41) is 22.9. The van der Waals surface area contributed by atoms with Crippen LogP contribution in [0.25, 0.3) is 0 Å². The number of carboxylic acid groups (broad SMARTS) is 1. The van der Waals surface area contributed by atoms with Gasteiger partial charge in [0.05, 0.1) is 18.4 Å². The van der Waals surface area contributed by atoms with Crippen molar-refractivity contribution in [2.45, 2.75) is 6.42 Å². The summed E-state index contributed by atoms with van der Waals surface area (Å²) in [5.41, 5.74) is 0.311. The van der Waals surface area contributed by atoms with Crippen LogP contribution in [0.4, 0.5) is 0 Å². The summed E-state index contributed by atoms with van der Waals surface area (Å²) in [6.07, 6.45) is 1.66. The number of carbonyl (C=O) groups is 1. The Hall–Kier alpha value is -1.80. The lowest BCUT2D eigenvalue weighted by molar-refractivity contribution is 0.0690. The Morgan fingerprint density at radius 2 is 2.46 bits per heavy atom. The summed E-state index contributed by atoms with van der Waals surface area (Å²) in [6.45, 7) is -0.0345. The minimum absolute atomic E-state index is 0.0227. The van der Waals surface area contributed by atoms with Crippen LogP contribution in [-0.2, 0) is 0 Å². The zero-order valence-electron chi connectivity index (χ0n) is 6.74. The molecule has 3 N–H and O–H groups in total. The normalized spacial score (nSPS) is 9.00. The van der Waals surface area contributed by atoms with Gasteiger partial charge >= 0.3 is 5.97 Å². The number of aliphatic hydroxyl groups is 1. The maximum Gasteiger partial charge on any atom is 0.355 e. The highest BCUT2D eigenvalue weighted by Gasteiger charge is 2.09. The van der Waals surface area contributed by atoms with Gasteiger partial charge < -0.3 is 10.2 Å². The van der Waals surface area contributed by atoms with E-state index in [9.17, 15) is 4.79 Å². The average molecular weight is 180 g/mol. The van der Waals surface area contributed by atoms with Crippen LogP contribution in [0.3, 0.4) is 0 Å². The number of aromatic amines is 1. The molecule has 0 bridgehead atoms. The lowest BCUT2D eigenvalue weighted by atomic mass is 10.2. The molecule has 1 rings (SSSR count). The first-order valence-corrected chi connectivity index (χ1v) is 3.62. The lowest BCUT2D eigenvalue weighted by Gasteiger charge is -1.86. The van der Waals surface area contributed by atoms with Crippen molar-refractivity contribution in [3.05, 3.63) is 17.5 Å². The second-order valence-corrected chi connectivity index (χ2v) is 2.24. The molecule has 0 aliphatic carbocycles. The van der Waals surface area contributed by atoms with Crippen molar-refractivity contribution in [2.75, 3.05) is 6.61 Å². The summed E-state index contributed by atoms with van der Waals surface area (Å²) < 4.78 is 0. The highest BCUT2D eigenvalue weighted by molar-refractivity contribution is 5.88. The predicted molar refractivity (Wildman–Crippen MR) is 44.1 cm³/mol. The van der Waals surface area contributed by atoms with E-state index >= 15 is 0 Å². The lowest BCUT2D eigenvalue weighted by Crippen LogP contribution is -1.99. The average Bonchev–Trinajstić information content (AvgIpc) is 2.53. The van der Waals surface area contributed by atoms with Crippen LogP contribution >= 0.6 is 0 Å². The van der Waals surface area contributed by atoms with Crippen LogP contribution < -0.4 is 0 Å². The number of carboxylic acids is 1. The highest BCUT2D eigenvalue weighted by atomic mass is 16.4. The topological polar surface area (TPSA) is 86.2 Å². The van der Waals surface area contributed by atoms with E-state index in [1.807, 2.05) is 0 Å². The van der Waals surface area contributed by atoms with E-state index in [0.29, 0.717) is 12.0 Å². The fourth-order valence-electron chi connectivity index (χ4n) is 0.758. The molecule has 5 nitrogen and oxygen atoms in total. The number of H-pyrrole nitrogens is 1. The second kappa shape index (κ2) is 4.28. The SMILES string of the molecule is O=C(O)c1[nH]ncc1C#CCCO. The van der Waals surface area contributed by atoms with Crippen LogP contribution in [0.1, 0.15) is 22.5 Å². The molecule has 1 aromatic heterocycles. The van der Waals surface area contributed by atoms with Gasteiger partial charge in [-0.3, -0.25) is 5.10 Å². The monoisotopic (exact) mass is 180 g/mol. The van der Waals surface area contributed by atoms with Gasteiger partial charge in [0.15, 0.2) is 5.69 Å². The molecule has 0 aromatic carbocycles. The minimum Gasteiger partial charge on any atom is -0.476 e. The first-order chi connectivity index (χ1) is 6.25. The molecule has 0 aliphatic rings. The number of hydrogen-bond acceptors (Lipinski definition) is 3. The molecule has 1 aromatic rings. The maximum atomic E-state index is 10.5. The molecule has 0 unspecified atom stereocenters. The van der Waals surface area contributed by atoms with Crippen molar-refractivity contribution in [2.24, 2.45) is 0 Å². The molecular weight excluding hydrogens is 172 g/mol.